The van der Waals surface area contributed by atoms with Crippen LogP contribution < -0.4 is 10.1 Å². The molecule has 3 N–H and O–H groups in total. The molecular formula is C23H24FN5O3. The van der Waals surface area contributed by atoms with Crippen molar-refractivity contribution in [2.75, 3.05) is 6.54 Å². The second-order valence-electron chi connectivity index (χ2n) is 8.50. The fourth-order valence-electron chi connectivity index (χ4n) is 5.03. The molecule has 0 amide bonds. The molecule has 32 heavy (non-hydrogen) atoms. The van der Waals surface area contributed by atoms with Gasteiger partial charge in [0.05, 0.1) is 11.7 Å². The molecule has 1 saturated carbocycles. The molecule has 1 aromatic heterocycles. The Morgan fingerprint density at radius 3 is 2.69 bits per heavy atom. The highest BCUT2D eigenvalue weighted by atomic mass is 19.1. The molecule has 0 radical (unpaired) electrons. The average Bonchev–Trinajstić information content (AvgIpc) is 3.33. The first-order valence-electron chi connectivity index (χ1n) is 10.8. The van der Waals surface area contributed by atoms with Crippen LogP contribution in [0.25, 0.3) is 22.5 Å². The minimum Gasteiger partial charge on any atom is -0.490 e. The minimum atomic E-state index is -0.802. The zero-order valence-corrected chi connectivity index (χ0v) is 17.4. The predicted molar refractivity (Wildman–Crippen MR) is 114 cm³/mol. The molecule has 2 aromatic carbocycles. The highest BCUT2D eigenvalue weighted by Gasteiger charge is 2.38. The molecule has 1 aliphatic heterocycles. The van der Waals surface area contributed by atoms with Crippen molar-refractivity contribution in [3.63, 3.8) is 0 Å². The molecule has 0 spiro atoms. The van der Waals surface area contributed by atoms with Gasteiger partial charge in [0.1, 0.15) is 17.6 Å². The molecule has 5 rings (SSSR count). The number of tetrazole rings is 1. The van der Waals surface area contributed by atoms with Crippen molar-refractivity contribution in [1.82, 2.24) is 25.9 Å². The monoisotopic (exact) mass is 437 g/mol. The van der Waals surface area contributed by atoms with Crippen LogP contribution in [0.2, 0.25) is 0 Å². The lowest BCUT2D eigenvalue weighted by atomic mass is 9.72. The first-order chi connectivity index (χ1) is 15.6. The number of carboxylic acids is 1. The number of nitrogens with zero attached hydrogens (tertiary/aromatic N) is 3. The lowest BCUT2D eigenvalue weighted by molar-refractivity contribution is -0.141. The van der Waals surface area contributed by atoms with E-state index in [1.165, 1.54) is 6.07 Å². The lowest BCUT2D eigenvalue weighted by Gasteiger charge is -2.41. The fraction of sp³-hybridized carbons (Fsp3) is 0.391. The van der Waals surface area contributed by atoms with Gasteiger partial charge in [-0.2, -0.15) is 5.21 Å². The number of fused-ring (bicyclic) bond motifs is 1. The zero-order valence-electron chi connectivity index (χ0n) is 17.4. The van der Waals surface area contributed by atoms with Gasteiger partial charge in [-0.25, -0.2) is 4.39 Å². The summed E-state index contributed by atoms with van der Waals surface area (Å²) in [7, 11) is 0. The lowest BCUT2D eigenvalue weighted by Crippen LogP contribution is -2.50. The number of aromatic amines is 1. The van der Waals surface area contributed by atoms with Crippen LogP contribution in [0.4, 0.5) is 4.39 Å². The standard InChI is InChI=1S/C23H24FN5O3/c24-18-6-2-1-4-16(18)17-5-3-7-20(21(17)22-26-28-29-27-22)32-15-9-8-13-12-25-19(23(30)31)11-14(13)10-15/h1-7,13-15,19,25H,8-12H2,(H,30,31)(H,26,27,28,29). The first-order valence-corrected chi connectivity index (χ1v) is 10.8. The maximum atomic E-state index is 14.6. The molecule has 4 unspecified atom stereocenters. The number of aromatic nitrogens is 4. The summed E-state index contributed by atoms with van der Waals surface area (Å²) in [6, 6.07) is 11.5. The largest absolute Gasteiger partial charge is 0.490 e. The number of halogens is 1. The fourth-order valence-corrected chi connectivity index (χ4v) is 5.03. The van der Waals surface area contributed by atoms with Gasteiger partial charge in [0, 0.05) is 5.56 Å². The summed E-state index contributed by atoms with van der Waals surface area (Å²) in [5.74, 6) is 0.513. The number of aliphatic carboxylic acids is 1. The van der Waals surface area contributed by atoms with Crippen LogP contribution in [0.1, 0.15) is 25.7 Å². The Labute approximate surface area is 184 Å². The topological polar surface area (TPSA) is 113 Å². The van der Waals surface area contributed by atoms with E-state index in [1.54, 1.807) is 18.2 Å². The normalized spacial score (nSPS) is 25.2. The van der Waals surface area contributed by atoms with E-state index < -0.39 is 12.0 Å². The van der Waals surface area contributed by atoms with E-state index >= 15 is 0 Å². The quantitative estimate of drug-likeness (QED) is 0.561. The molecule has 1 aliphatic carbocycles. The third kappa shape index (κ3) is 3.95. The number of benzene rings is 2. The van der Waals surface area contributed by atoms with E-state index in [4.69, 9.17) is 4.74 Å². The van der Waals surface area contributed by atoms with Crippen molar-refractivity contribution in [3.05, 3.63) is 48.3 Å². The van der Waals surface area contributed by atoms with Crippen LogP contribution in [0.15, 0.2) is 42.5 Å². The second kappa shape index (κ2) is 8.66. The van der Waals surface area contributed by atoms with E-state index in [0.717, 1.165) is 25.8 Å². The molecule has 0 bridgehead atoms. The van der Waals surface area contributed by atoms with Crippen LogP contribution in [-0.4, -0.2) is 50.4 Å². The van der Waals surface area contributed by atoms with Gasteiger partial charge in [0.2, 0.25) is 5.82 Å². The molecule has 8 nitrogen and oxygen atoms in total. The van der Waals surface area contributed by atoms with E-state index in [2.05, 4.69) is 25.9 Å². The molecule has 3 aromatic rings. The van der Waals surface area contributed by atoms with Crippen molar-refractivity contribution in [2.45, 2.75) is 37.8 Å². The summed E-state index contributed by atoms with van der Waals surface area (Å²) in [6.45, 7) is 0.727. The minimum absolute atomic E-state index is 0.0645. The number of nitrogens with one attached hydrogen (secondary N) is 2. The van der Waals surface area contributed by atoms with Gasteiger partial charge in [-0.05, 0) is 67.0 Å². The third-order valence-electron chi connectivity index (χ3n) is 6.61. The van der Waals surface area contributed by atoms with E-state index in [-0.39, 0.29) is 11.9 Å². The number of rotatable bonds is 5. The highest BCUT2D eigenvalue weighted by molar-refractivity contribution is 5.84. The third-order valence-corrected chi connectivity index (χ3v) is 6.61. The maximum Gasteiger partial charge on any atom is 0.320 e. The summed E-state index contributed by atoms with van der Waals surface area (Å²) in [5.41, 5.74) is 1.65. The molecule has 4 atom stereocenters. The molecule has 2 fully saturated rings. The Kier molecular flexibility index (Phi) is 5.57. The number of ether oxygens (including phenoxy) is 1. The smallest absolute Gasteiger partial charge is 0.320 e. The van der Waals surface area contributed by atoms with Crippen molar-refractivity contribution in [2.24, 2.45) is 11.8 Å². The maximum absolute atomic E-state index is 14.6. The summed E-state index contributed by atoms with van der Waals surface area (Å²) >= 11 is 0. The van der Waals surface area contributed by atoms with E-state index in [0.29, 0.717) is 46.5 Å². The van der Waals surface area contributed by atoms with Crippen molar-refractivity contribution >= 4 is 5.97 Å². The highest BCUT2D eigenvalue weighted by Crippen LogP contribution is 2.42. The molecule has 2 aliphatic rings. The number of carbonyl (C=O) groups is 1. The van der Waals surface area contributed by atoms with Crippen LogP contribution in [0.5, 0.6) is 5.75 Å². The number of hydrogen-bond acceptors (Lipinski definition) is 6. The Morgan fingerprint density at radius 1 is 1.06 bits per heavy atom. The van der Waals surface area contributed by atoms with Crippen LogP contribution in [0, 0.1) is 17.7 Å². The van der Waals surface area contributed by atoms with Crippen molar-refractivity contribution in [3.8, 4) is 28.3 Å². The second-order valence-corrected chi connectivity index (χ2v) is 8.50. The SMILES string of the molecule is O=C(O)C1CC2CC(Oc3cccc(-c4ccccc4F)c3-c3nn[nH]n3)CCC2CN1. The van der Waals surface area contributed by atoms with E-state index in [9.17, 15) is 14.3 Å². The van der Waals surface area contributed by atoms with E-state index in [1.807, 2.05) is 18.2 Å². The Balaban J connectivity index is 1.45. The summed E-state index contributed by atoms with van der Waals surface area (Å²) in [6.07, 6.45) is 3.17. The van der Waals surface area contributed by atoms with Gasteiger partial charge < -0.3 is 15.2 Å². The van der Waals surface area contributed by atoms with Gasteiger partial charge in [-0.15, -0.1) is 10.2 Å². The van der Waals surface area contributed by atoms with Crippen LogP contribution in [-0.2, 0) is 4.79 Å². The summed E-state index contributed by atoms with van der Waals surface area (Å²) in [4.78, 5) is 11.4. The number of piperidine rings is 1. The number of hydrogen-bond donors (Lipinski definition) is 3. The summed E-state index contributed by atoms with van der Waals surface area (Å²) < 4.78 is 21.1. The Bertz CT molecular complexity index is 1110. The summed E-state index contributed by atoms with van der Waals surface area (Å²) in [5, 5.41) is 26.9. The van der Waals surface area contributed by atoms with Gasteiger partial charge in [-0.1, -0.05) is 30.3 Å². The van der Waals surface area contributed by atoms with Crippen LogP contribution in [0.3, 0.4) is 0 Å². The molecule has 9 heteroatoms. The molecular weight excluding hydrogens is 413 g/mol. The molecule has 1 saturated heterocycles. The Hall–Kier alpha value is -3.33. The predicted octanol–water partition coefficient (Wildman–Crippen LogP) is 3.28. The van der Waals surface area contributed by atoms with Gasteiger partial charge in [0.25, 0.3) is 0 Å². The van der Waals surface area contributed by atoms with Gasteiger partial charge >= 0.3 is 5.97 Å². The average molecular weight is 437 g/mol. The first kappa shape index (κ1) is 20.6. The number of carboxylic acid groups (broad SMARTS) is 1. The van der Waals surface area contributed by atoms with Crippen LogP contribution >= 0.6 is 0 Å². The Morgan fingerprint density at radius 2 is 1.91 bits per heavy atom. The molecule has 166 valence electrons. The van der Waals surface area contributed by atoms with Gasteiger partial charge in [0.15, 0.2) is 0 Å². The molecule has 2 heterocycles. The zero-order chi connectivity index (χ0) is 22.1. The number of H-pyrrole nitrogens is 1. The van der Waals surface area contributed by atoms with Crippen molar-refractivity contribution < 1.29 is 19.0 Å². The van der Waals surface area contributed by atoms with Crippen molar-refractivity contribution in [1.29, 1.82) is 0 Å². The van der Waals surface area contributed by atoms with Gasteiger partial charge in [-0.3, -0.25) is 4.79 Å².